The Labute approximate surface area is 209 Å². The van der Waals surface area contributed by atoms with E-state index in [0.29, 0.717) is 36.9 Å². The minimum Gasteiger partial charge on any atom is -0.486 e. The van der Waals surface area contributed by atoms with E-state index in [1.54, 1.807) is 6.07 Å². The van der Waals surface area contributed by atoms with Crippen LogP contribution in [-0.4, -0.2) is 67.9 Å². The zero-order valence-corrected chi connectivity index (χ0v) is 20.3. The van der Waals surface area contributed by atoms with Gasteiger partial charge >= 0.3 is 0 Å². The van der Waals surface area contributed by atoms with Gasteiger partial charge in [0.2, 0.25) is 5.91 Å². The number of benzene rings is 2. The summed E-state index contributed by atoms with van der Waals surface area (Å²) in [7, 11) is 0. The summed E-state index contributed by atoms with van der Waals surface area (Å²) in [5.41, 5.74) is 1.13. The highest BCUT2D eigenvalue weighted by Gasteiger charge is 2.34. The fourth-order valence-corrected chi connectivity index (χ4v) is 5.30. The molecule has 3 aliphatic rings. The minimum absolute atomic E-state index is 0.0217. The Morgan fingerprint density at radius 3 is 2.63 bits per heavy atom. The van der Waals surface area contributed by atoms with Crippen LogP contribution in [0.25, 0.3) is 0 Å². The van der Waals surface area contributed by atoms with Gasteiger partial charge in [0.05, 0.1) is 12.0 Å². The van der Waals surface area contributed by atoms with Gasteiger partial charge < -0.3 is 29.7 Å². The average molecular weight is 504 g/mol. The Morgan fingerprint density at radius 2 is 1.86 bits per heavy atom. The molecule has 0 aromatic heterocycles. The van der Waals surface area contributed by atoms with E-state index < -0.39 is 18.0 Å². The summed E-state index contributed by atoms with van der Waals surface area (Å²) in [6.45, 7) is 4.20. The largest absolute Gasteiger partial charge is 0.486 e. The van der Waals surface area contributed by atoms with E-state index in [4.69, 9.17) is 21.1 Å². The van der Waals surface area contributed by atoms with Crippen LogP contribution in [0.1, 0.15) is 30.9 Å². The van der Waals surface area contributed by atoms with Crippen LogP contribution in [0.4, 0.5) is 10.1 Å². The predicted octanol–water partition coefficient (Wildman–Crippen LogP) is 3.39. The summed E-state index contributed by atoms with van der Waals surface area (Å²) in [5.74, 6) is -0.622. The number of nitrogens with one attached hydrogen (secondary N) is 1. The van der Waals surface area contributed by atoms with Crippen LogP contribution in [0, 0.1) is 11.7 Å². The zero-order chi connectivity index (χ0) is 24.4. The molecule has 9 heteroatoms. The molecular weight excluding hydrogens is 473 g/mol. The number of fused-ring (bicyclic) bond motifs is 1. The van der Waals surface area contributed by atoms with Crippen molar-refractivity contribution in [3.8, 4) is 11.5 Å². The number of likely N-dealkylation sites (tertiary alicyclic amines) is 1. The fourth-order valence-electron chi connectivity index (χ4n) is 5.17. The molecule has 7 nitrogen and oxygen atoms in total. The molecule has 3 heterocycles. The first kappa shape index (κ1) is 24.2. The number of carbonyl (C=O) groups is 1. The second kappa shape index (κ2) is 10.6. The van der Waals surface area contributed by atoms with Crippen LogP contribution in [0.3, 0.4) is 0 Å². The standard InChI is InChI=1S/C26H31ClFN3O4/c27-18-3-5-19(6-4-18)31-12-9-17(15-31)26(33)29-21(16-30-10-1-2-11-30)24(32)20-7-8-22-25(23(20)28)35-14-13-34-22/h3-8,17,21,24,32H,1-2,9-16H2,(H,29,33)/t17?,21-,24-/m1/s1. The molecule has 2 N–H and O–H groups in total. The van der Waals surface area contributed by atoms with E-state index in [2.05, 4.69) is 15.1 Å². The lowest BCUT2D eigenvalue weighted by atomic mass is 9.98. The van der Waals surface area contributed by atoms with Crippen LogP contribution in [0.5, 0.6) is 11.5 Å². The van der Waals surface area contributed by atoms with Crippen LogP contribution in [-0.2, 0) is 4.79 Å². The molecule has 35 heavy (non-hydrogen) atoms. The Balaban J connectivity index is 1.31. The number of anilines is 1. The zero-order valence-electron chi connectivity index (χ0n) is 19.6. The third kappa shape index (κ3) is 5.34. The van der Waals surface area contributed by atoms with E-state index in [0.717, 1.165) is 38.2 Å². The van der Waals surface area contributed by atoms with Gasteiger partial charge in [-0.25, -0.2) is 4.39 Å². The number of nitrogens with zero attached hydrogens (tertiary/aromatic N) is 2. The van der Waals surface area contributed by atoms with Gasteiger partial charge in [0.1, 0.15) is 19.3 Å². The molecule has 1 amide bonds. The van der Waals surface area contributed by atoms with Crippen molar-refractivity contribution in [2.24, 2.45) is 5.92 Å². The lowest BCUT2D eigenvalue weighted by Gasteiger charge is -2.30. The highest BCUT2D eigenvalue weighted by Crippen LogP contribution is 2.37. The van der Waals surface area contributed by atoms with Crippen molar-refractivity contribution in [3.63, 3.8) is 0 Å². The molecule has 5 rings (SSSR count). The Kier molecular flexibility index (Phi) is 7.32. The average Bonchev–Trinajstić information content (AvgIpc) is 3.57. The highest BCUT2D eigenvalue weighted by molar-refractivity contribution is 6.30. The van der Waals surface area contributed by atoms with Crippen LogP contribution in [0.15, 0.2) is 36.4 Å². The Bertz CT molecular complexity index is 1050. The lowest BCUT2D eigenvalue weighted by Crippen LogP contribution is -2.49. The number of hydrogen-bond acceptors (Lipinski definition) is 6. The molecule has 2 aromatic rings. The molecule has 3 atom stereocenters. The number of ether oxygens (including phenoxy) is 2. The molecule has 2 saturated heterocycles. The first-order chi connectivity index (χ1) is 17.0. The van der Waals surface area contributed by atoms with Gasteiger partial charge in [-0.15, -0.1) is 0 Å². The Morgan fingerprint density at radius 1 is 1.11 bits per heavy atom. The maximum absolute atomic E-state index is 15.3. The first-order valence-corrected chi connectivity index (χ1v) is 12.7. The number of aliphatic hydroxyl groups is 1. The smallest absolute Gasteiger partial charge is 0.225 e. The van der Waals surface area contributed by atoms with Gasteiger partial charge in [0.15, 0.2) is 17.3 Å². The van der Waals surface area contributed by atoms with E-state index in [9.17, 15) is 9.90 Å². The molecule has 0 aliphatic carbocycles. The van der Waals surface area contributed by atoms with Crippen LogP contribution in [0.2, 0.25) is 5.02 Å². The molecule has 0 radical (unpaired) electrons. The fraction of sp³-hybridized carbons (Fsp3) is 0.500. The second-order valence-corrected chi connectivity index (χ2v) is 9.91. The van der Waals surface area contributed by atoms with E-state index >= 15 is 4.39 Å². The number of rotatable bonds is 7. The summed E-state index contributed by atoms with van der Waals surface area (Å²) < 4.78 is 26.2. The van der Waals surface area contributed by atoms with Crippen molar-refractivity contribution >= 4 is 23.2 Å². The van der Waals surface area contributed by atoms with E-state index in [1.807, 2.05) is 24.3 Å². The molecule has 2 aromatic carbocycles. The molecule has 0 spiro atoms. The first-order valence-electron chi connectivity index (χ1n) is 12.3. The summed E-state index contributed by atoms with van der Waals surface area (Å²) in [6.07, 6.45) is 1.64. The van der Waals surface area contributed by atoms with E-state index in [1.165, 1.54) is 6.07 Å². The highest BCUT2D eigenvalue weighted by atomic mass is 35.5. The van der Waals surface area contributed by atoms with Crippen molar-refractivity contribution in [2.45, 2.75) is 31.4 Å². The van der Waals surface area contributed by atoms with Crippen LogP contribution >= 0.6 is 11.6 Å². The van der Waals surface area contributed by atoms with Gasteiger partial charge in [0.25, 0.3) is 0 Å². The third-order valence-corrected chi connectivity index (χ3v) is 7.36. The van der Waals surface area contributed by atoms with Gasteiger partial charge in [0, 0.05) is 35.9 Å². The van der Waals surface area contributed by atoms with Crippen molar-refractivity contribution < 1.29 is 23.8 Å². The summed E-state index contributed by atoms with van der Waals surface area (Å²) in [5, 5.41) is 15.0. The third-order valence-electron chi connectivity index (χ3n) is 7.11. The number of halogens is 2. The van der Waals surface area contributed by atoms with Gasteiger partial charge in [-0.1, -0.05) is 11.6 Å². The van der Waals surface area contributed by atoms with Gasteiger partial charge in [-0.3, -0.25) is 4.79 Å². The molecule has 0 bridgehead atoms. The predicted molar refractivity (Wildman–Crippen MR) is 132 cm³/mol. The molecule has 2 fully saturated rings. The Hall–Kier alpha value is -2.55. The quantitative estimate of drug-likeness (QED) is 0.603. The van der Waals surface area contributed by atoms with Gasteiger partial charge in [-0.2, -0.15) is 0 Å². The molecule has 0 saturated carbocycles. The maximum Gasteiger partial charge on any atom is 0.225 e. The molecular formula is C26H31ClFN3O4. The van der Waals surface area contributed by atoms with Gasteiger partial charge in [-0.05, 0) is 68.8 Å². The van der Waals surface area contributed by atoms with Crippen molar-refractivity contribution in [1.29, 1.82) is 0 Å². The minimum atomic E-state index is -1.22. The molecule has 188 valence electrons. The van der Waals surface area contributed by atoms with E-state index in [-0.39, 0.29) is 29.7 Å². The van der Waals surface area contributed by atoms with Crippen LogP contribution < -0.4 is 19.7 Å². The maximum atomic E-state index is 15.3. The van der Waals surface area contributed by atoms with Crippen molar-refractivity contribution in [1.82, 2.24) is 10.2 Å². The summed E-state index contributed by atoms with van der Waals surface area (Å²) >= 11 is 6.00. The monoisotopic (exact) mass is 503 g/mol. The second-order valence-electron chi connectivity index (χ2n) is 9.47. The SMILES string of the molecule is O=C(N[C@H](CN1CCCC1)[C@H](O)c1ccc2c(c1F)OCCO2)C1CCN(c2ccc(Cl)cc2)C1. The van der Waals surface area contributed by atoms with Crippen molar-refractivity contribution in [2.75, 3.05) is 50.8 Å². The number of carbonyl (C=O) groups excluding carboxylic acids is 1. The number of aliphatic hydroxyl groups excluding tert-OH is 1. The molecule has 3 aliphatic heterocycles. The lowest BCUT2D eigenvalue weighted by molar-refractivity contribution is -0.126. The number of hydrogen-bond donors (Lipinski definition) is 2. The summed E-state index contributed by atoms with van der Waals surface area (Å²) in [4.78, 5) is 17.7. The topological polar surface area (TPSA) is 74.3 Å². The van der Waals surface area contributed by atoms with Crippen molar-refractivity contribution in [3.05, 3.63) is 52.8 Å². The summed E-state index contributed by atoms with van der Waals surface area (Å²) in [6, 6.07) is 10.1. The number of amides is 1. The normalized spacial score (nSPS) is 21.7. The molecule has 1 unspecified atom stereocenters.